The number of benzene rings is 1. The summed E-state index contributed by atoms with van der Waals surface area (Å²) in [6, 6.07) is 12.5. The third kappa shape index (κ3) is 3.06. The second-order valence-electron chi connectivity index (χ2n) is 4.77. The number of aromatic nitrogens is 1. The van der Waals surface area contributed by atoms with Gasteiger partial charge in [0.25, 0.3) is 0 Å². The van der Waals surface area contributed by atoms with Gasteiger partial charge in [-0.15, -0.1) is 11.3 Å². The third-order valence-corrected chi connectivity index (χ3v) is 4.64. The van der Waals surface area contributed by atoms with Crippen molar-refractivity contribution in [3.8, 4) is 0 Å². The van der Waals surface area contributed by atoms with E-state index in [4.69, 9.17) is 11.6 Å². The maximum atomic E-state index is 6.27. The van der Waals surface area contributed by atoms with Crippen molar-refractivity contribution in [2.75, 3.05) is 13.1 Å². The quantitative estimate of drug-likeness (QED) is 0.676. The van der Waals surface area contributed by atoms with Crippen LogP contribution >= 0.6 is 22.9 Å². The summed E-state index contributed by atoms with van der Waals surface area (Å²) in [5.41, 5.74) is 1.13. The molecule has 104 valence electrons. The molecule has 3 aromatic rings. The summed E-state index contributed by atoms with van der Waals surface area (Å²) >= 11 is 8.09. The van der Waals surface area contributed by atoms with Gasteiger partial charge < -0.3 is 9.88 Å². The Balaban J connectivity index is 1.52. The average molecular weight is 305 g/mol. The van der Waals surface area contributed by atoms with Gasteiger partial charge in [-0.25, -0.2) is 0 Å². The summed E-state index contributed by atoms with van der Waals surface area (Å²) in [4.78, 5) is 1.44. The first kappa shape index (κ1) is 13.7. The highest BCUT2D eigenvalue weighted by atomic mass is 35.5. The van der Waals surface area contributed by atoms with Gasteiger partial charge in [0.15, 0.2) is 0 Å². The fourth-order valence-electron chi connectivity index (χ4n) is 2.39. The second-order valence-corrected chi connectivity index (χ2v) is 6.21. The van der Waals surface area contributed by atoms with Gasteiger partial charge >= 0.3 is 0 Å². The minimum atomic E-state index is 0.825. The van der Waals surface area contributed by atoms with Crippen molar-refractivity contribution in [2.45, 2.75) is 13.0 Å². The van der Waals surface area contributed by atoms with E-state index in [1.54, 1.807) is 0 Å². The van der Waals surface area contributed by atoms with Crippen molar-refractivity contribution in [1.29, 1.82) is 0 Å². The van der Waals surface area contributed by atoms with Crippen LogP contribution in [0.1, 0.15) is 4.88 Å². The largest absolute Gasteiger partial charge is 0.345 e. The molecule has 4 heteroatoms. The molecule has 1 aromatic carbocycles. The summed E-state index contributed by atoms with van der Waals surface area (Å²) in [5.74, 6) is 0. The van der Waals surface area contributed by atoms with Crippen LogP contribution in [0.3, 0.4) is 0 Å². The van der Waals surface area contributed by atoms with Crippen LogP contribution in [-0.4, -0.2) is 17.7 Å². The van der Waals surface area contributed by atoms with E-state index in [1.165, 1.54) is 10.3 Å². The highest BCUT2D eigenvalue weighted by Gasteiger charge is 2.04. The van der Waals surface area contributed by atoms with Crippen molar-refractivity contribution in [3.05, 3.63) is 57.9 Å². The number of hydrogen-bond acceptors (Lipinski definition) is 2. The third-order valence-electron chi connectivity index (χ3n) is 3.40. The summed E-state index contributed by atoms with van der Waals surface area (Å²) in [5, 5.41) is 7.65. The number of para-hydroxylation sites is 1. The fourth-order valence-corrected chi connectivity index (χ4v) is 3.39. The van der Waals surface area contributed by atoms with Gasteiger partial charge in [0.2, 0.25) is 0 Å². The molecule has 0 saturated heterocycles. The van der Waals surface area contributed by atoms with Crippen LogP contribution < -0.4 is 5.32 Å². The summed E-state index contributed by atoms with van der Waals surface area (Å²) in [6.07, 6.45) is 3.21. The zero-order chi connectivity index (χ0) is 13.8. The van der Waals surface area contributed by atoms with Crippen LogP contribution in [0.15, 0.2) is 48.0 Å². The van der Waals surface area contributed by atoms with E-state index in [-0.39, 0.29) is 0 Å². The number of thiophene rings is 1. The van der Waals surface area contributed by atoms with Crippen molar-refractivity contribution in [1.82, 2.24) is 9.88 Å². The van der Waals surface area contributed by atoms with Gasteiger partial charge in [-0.3, -0.25) is 0 Å². The van der Waals surface area contributed by atoms with Crippen LogP contribution in [0.25, 0.3) is 10.9 Å². The Hall–Kier alpha value is -1.29. The lowest BCUT2D eigenvalue weighted by atomic mass is 10.2. The van der Waals surface area contributed by atoms with E-state index < -0.39 is 0 Å². The van der Waals surface area contributed by atoms with Crippen LogP contribution in [-0.2, 0) is 13.0 Å². The smallest absolute Gasteiger partial charge is 0.0670 e. The number of halogens is 1. The molecule has 2 nitrogen and oxygen atoms in total. The second kappa shape index (κ2) is 6.44. The standard InChI is InChI=1S/C16H17ClN2S/c17-15-5-1-3-13-7-10-19(16(13)15)11-9-18-8-6-14-4-2-12-20-14/h1-5,7,10,12,18H,6,8-9,11H2. The lowest BCUT2D eigenvalue weighted by Crippen LogP contribution is -2.21. The highest BCUT2D eigenvalue weighted by molar-refractivity contribution is 7.09. The average Bonchev–Trinajstić information content (AvgIpc) is 3.09. The maximum absolute atomic E-state index is 6.27. The molecule has 0 bridgehead atoms. The molecule has 0 aliphatic carbocycles. The molecule has 0 atom stereocenters. The van der Waals surface area contributed by atoms with Crippen molar-refractivity contribution in [3.63, 3.8) is 0 Å². The van der Waals surface area contributed by atoms with Crippen LogP contribution in [0.4, 0.5) is 0 Å². The molecule has 0 aliphatic heterocycles. The van der Waals surface area contributed by atoms with Gasteiger partial charge in [0.05, 0.1) is 10.5 Å². The van der Waals surface area contributed by atoms with E-state index in [0.29, 0.717) is 0 Å². The van der Waals surface area contributed by atoms with Gasteiger partial charge in [-0.1, -0.05) is 29.8 Å². The van der Waals surface area contributed by atoms with Crippen molar-refractivity contribution in [2.24, 2.45) is 0 Å². The number of hydrogen-bond donors (Lipinski definition) is 1. The van der Waals surface area contributed by atoms with Crippen LogP contribution in [0.2, 0.25) is 5.02 Å². The molecule has 0 aliphatic rings. The zero-order valence-electron chi connectivity index (χ0n) is 11.2. The Morgan fingerprint density at radius 2 is 2.05 bits per heavy atom. The molecule has 0 unspecified atom stereocenters. The van der Waals surface area contributed by atoms with Crippen LogP contribution in [0.5, 0.6) is 0 Å². The van der Waals surface area contributed by atoms with E-state index in [1.807, 2.05) is 23.5 Å². The Morgan fingerprint density at radius 1 is 1.10 bits per heavy atom. The highest BCUT2D eigenvalue weighted by Crippen LogP contribution is 2.24. The van der Waals surface area contributed by atoms with Crippen molar-refractivity contribution >= 4 is 33.8 Å². The van der Waals surface area contributed by atoms with Gasteiger partial charge in [0, 0.05) is 36.1 Å². The monoisotopic (exact) mass is 304 g/mol. The minimum absolute atomic E-state index is 0.825. The Labute approximate surface area is 128 Å². The zero-order valence-corrected chi connectivity index (χ0v) is 12.8. The molecule has 3 rings (SSSR count). The summed E-state index contributed by atoms with van der Waals surface area (Å²) in [7, 11) is 0. The lowest BCUT2D eigenvalue weighted by Gasteiger charge is -2.08. The number of fused-ring (bicyclic) bond motifs is 1. The fraction of sp³-hybridized carbons (Fsp3) is 0.250. The SMILES string of the molecule is Clc1cccc2ccn(CCNCCc3cccs3)c12. The minimum Gasteiger partial charge on any atom is -0.345 e. The molecule has 1 N–H and O–H groups in total. The summed E-state index contributed by atoms with van der Waals surface area (Å²) in [6.45, 7) is 2.92. The molecule has 2 aromatic heterocycles. The van der Waals surface area contributed by atoms with E-state index in [0.717, 1.165) is 36.6 Å². The number of nitrogens with zero attached hydrogens (tertiary/aromatic N) is 1. The predicted molar refractivity (Wildman–Crippen MR) is 87.8 cm³/mol. The lowest BCUT2D eigenvalue weighted by molar-refractivity contribution is 0.611. The number of nitrogens with one attached hydrogen (secondary N) is 1. The molecule has 0 fully saturated rings. The first-order valence-corrected chi connectivity index (χ1v) is 8.07. The van der Waals surface area contributed by atoms with Gasteiger partial charge in [0.1, 0.15) is 0 Å². The van der Waals surface area contributed by atoms with Gasteiger partial charge in [-0.05, 0) is 30.0 Å². The van der Waals surface area contributed by atoms with Gasteiger partial charge in [-0.2, -0.15) is 0 Å². The molecule has 0 saturated carbocycles. The first-order valence-electron chi connectivity index (χ1n) is 6.81. The molecular weight excluding hydrogens is 288 g/mol. The Kier molecular flexibility index (Phi) is 4.41. The predicted octanol–water partition coefficient (Wildman–Crippen LogP) is 4.19. The molecule has 2 heterocycles. The molecule has 0 radical (unpaired) electrons. The van der Waals surface area contributed by atoms with Crippen molar-refractivity contribution < 1.29 is 0 Å². The van der Waals surface area contributed by atoms with E-state index in [2.05, 4.69) is 45.7 Å². The maximum Gasteiger partial charge on any atom is 0.0670 e. The Morgan fingerprint density at radius 3 is 2.90 bits per heavy atom. The molecule has 0 spiro atoms. The normalized spacial score (nSPS) is 11.2. The van der Waals surface area contributed by atoms with E-state index >= 15 is 0 Å². The first-order chi connectivity index (χ1) is 9.84. The van der Waals surface area contributed by atoms with E-state index in [9.17, 15) is 0 Å². The summed E-state index contributed by atoms with van der Waals surface area (Å²) < 4.78 is 2.22. The Bertz CT molecular complexity index is 673. The molecular formula is C16H17ClN2S. The molecule has 0 amide bonds. The van der Waals surface area contributed by atoms with Crippen LogP contribution in [0, 0.1) is 0 Å². The molecule has 20 heavy (non-hydrogen) atoms. The number of rotatable bonds is 6. The topological polar surface area (TPSA) is 17.0 Å².